The molecule has 174 valence electrons. The van der Waals surface area contributed by atoms with Gasteiger partial charge in [-0.3, -0.25) is 14.4 Å². The fraction of sp³-hybridized carbons (Fsp3) is 0.560. The number of hydrogen-bond acceptors (Lipinski definition) is 5. The maximum Gasteiger partial charge on any atom is 0.310 e. The van der Waals surface area contributed by atoms with Crippen molar-refractivity contribution in [1.82, 2.24) is 10.2 Å². The van der Waals surface area contributed by atoms with E-state index in [1.54, 1.807) is 6.92 Å². The number of carbonyl (C=O) groups is 3. The van der Waals surface area contributed by atoms with Crippen LogP contribution in [0.15, 0.2) is 42.5 Å². The van der Waals surface area contributed by atoms with Crippen LogP contribution in [0.2, 0.25) is 0 Å². The van der Waals surface area contributed by atoms with Crippen LogP contribution >= 0.6 is 0 Å². The van der Waals surface area contributed by atoms with Gasteiger partial charge in [0.25, 0.3) is 0 Å². The predicted octanol–water partition coefficient (Wildman–Crippen LogP) is 1.94. The normalized spacial score (nSPS) is 27.9. The summed E-state index contributed by atoms with van der Waals surface area (Å²) in [4.78, 5) is 41.4. The van der Waals surface area contributed by atoms with Crippen LogP contribution in [0.1, 0.15) is 33.3 Å². The standard InChI is InChI=1S/C25H34N2O5/c1-5-32-25(31)20-16(4)11-12-19-21(20)24(30)27(22(19)23(29)26-15(2)3)18(14-28)13-17-9-7-6-8-10-17/h6-12,15-16,18-22,28H,5,13-14H2,1-4H3,(H,26,29)/t16-,18-,19+,20-,21+,22+/m1/s1. The molecule has 6 atom stereocenters. The molecule has 7 nitrogen and oxygen atoms in total. The number of aliphatic hydroxyl groups excluding tert-OH is 1. The fourth-order valence-electron chi connectivity index (χ4n) is 5.04. The van der Waals surface area contributed by atoms with E-state index in [0.717, 1.165) is 5.56 Å². The summed E-state index contributed by atoms with van der Waals surface area (Å²) in [7, 11) is 0. The van der Waals surface area contributed by atoms with Gasteiger partial charge in [0.15, 0.2) is 0 Å². The van der Waals surface area contributed by atoms with E-state index < -0.39 is 35.8 Å². The van der Waals surface area contributed by atoms with E-state index >= 15 is 0 Å². The van der Waals surface area contributed by atoms with Crippen LogP contribution in [-0.2, 0) is 25.5 Å². The van der Waals surface area contributed by atoms with Crippen molar-refractivity contribution < 1.29 is 24.2 Å². The first kappa shape index (κ1) is 24.0. The average Bonchev–Trinajstić information content (AvgIpc) is 3.05. The van der Waals surface area contributed by atoms with E-state index in [9.17, 15) is 19.5 Å². The lowest BCUT2D eigenvalue weighted by Gasteiger charge is -2.34. The van der Waals surface area contributed by atoms with Crippen LogP contribution in [-0.4, -0.2) is 59.1 Å². The molecular formula is C25H34N2O5. The first-order valence-electron chi connectivity index (χ1n) is 11.4. The molecule has 2 amide bonds. The average molecular weight is 443 g/mol. The molecule has 0 unspecified atom stereocenters. The number of fused-ring (bicyclic) bond motifs is 1. The molecule has 0 radical (unpaired) electrons. The molecule has 0 aromatic heterocycles. The Labute approximate surface area is 189 Å². The lowest BCUT2D eigenvalue weighted by atomic mass is 9.70. The molecule has 0 spiro atoms. The molecule has 2 N–H and O–H groups in total. The molecule has 1 aliphatic heterocycles. The van der Waals surface area contributed by atoms with Gasteiger partial charge in [-0.05, 0) is 38.7 Å². The molecular weight excluding hydrogens is 408 g/mol. The van der Waals surface area contributed by atoms with Crippen molar-refractivity contribution in [2.75, 3.05) is 13.2 Å². The van der Waals surface area contributed by atoms with Gasteiger partial charge in [0.05, 0.1) is 31.1 Å². The minimum atomic E-state index is -0.795. The van der Waals surface area contributed by atoms with Crippen LogP contribution in [0.5, 0.6) is 0 Å². The van der Waals surface area contributed by atoms with Crippen molar-refractivity contribution in [3.8, 4) is 0 Å². The Hall–Kier alpha value is -2.67. The second kappa shape index (κ2) is 10.3. The number of nitrogens with zero attached hydrogens (tertiary/aromatic N) is 1. The van der Waals surface area contributed by atoms with E-state index in [1.165, 1.54) is 4.90 Å². The number of hydrogen-bond donors (Lipinski definition) is 2. The summed E-state index contributed by atoms with van der Waals surface area (Å²) in [6.45, 7) is 7.30. The topological polar surface area (TPSA) is 95.9 Å². The lowest BCUT2D eigenvalue weighted by molar-refractivity contribution is -0.155. The van der Waals surface area contributed by atoms with Gasteiger partial charge in [-0.2, -0.15) is 0 Å². The molecule has 32 heavy (non-hydrogen) atoms. The Balaban J connectivity index is 2.02. The zero-order chi connectivity index (χ0) is 23.4. The van der Waals surface area contributed by atoms with Crippen molar-refractivity contribution in [2.24, 2.45) is 23.7 Å². The van der Waals surface area contributed by atoms with Crippen LogP contribution in [0.4, 0.5) is 0 Å². The number of ether oxygens (including phenoxy) is 1. The molecule has 2 aliphatic rings. The highest BCUT2D eigenvalue weighted by molar-refractivity contribution is 5.96. The number of amides is 2. The van der Waals surface area contributed by atoms with Gasteiger partial charge in [0.2, 0.25) is 11.8 Å². The summed E-state index contributed by atoms with van der Waals surface area (Å²) >= 11 is 0. The minimum Gasteiger partial charge on any atom is -0.466 e. The van der Waals surface area contributed by atoms with Gasteiger partial charge in [0.1, 0.15) is 6.04 Å². The monoisotopic (exact) mass is 442 g/mol. The summed E-state index contributed by atoms with van der Waals surface area (Å²) in [5.74, 6) is -2.96. The third-order valence-electron chi connectivity index (χ3n) is 6.39. The van der Waals surface area contributed by atoms with Crippen molar-refractivity contribution in [2.45, 2.75) is 52.2 Å². The van der Waals surface area contributed by atoms with Crippen LogP contribution in [0, 0.1) is 23.7 Å². The molecule has 1 aromatic carbocycles. The van der Waals surface area contributed by atoms with Gasteiger partial charge in [-0.15, -0.1) is 0 Å². The highest BCUT2D eigenvalue weighted by atomic mass is 16.5. The first-order valence-corrected chi connectivity index (χ1v) is 11.4. The Morgan fingerprint density at radius 1 is 1.19 bits per heavy atom. The molecule has 1 saturated heterocycles. The van der Waals surface area contributed by atoms with E-state index in [0.29, 0.717) is 6.42 Å². The zero-order valence-corrected chi connectivity index (χ0v) is 19.2. The molecule has 1 aromatic rings. The number of nitrogens with one attached hydrogen (secondary N) is 1. The van der Waals surface area contributed by atoms with E-state index in [4.69, 9.17) is 4.74 Å². The number of benzene rings is 1. The second-order valence-electron chi connectivity index (χ2n) is 9.00. The van der Waals surface area contributed by atoms with Gasteiger partial charge in [-0.25, -0.2) is 0 Å². The third-order valence-corrected chi connectivity index (χ3v) is 6.39. The molecule has 0 saturated carbocycles. The SMILES string of the molecule is CCOC(=O)[C@H]1[C@H]2C(=O)N([C@@H](CO)Cc3ccccc3)[C@H](C(=O)NC(C)C)[C@H]2C=C[C@H]1C. The van der Waals surface area contributed by atoms with Crippen molar-refractivity contribution in [3.05, 3.63) is 48.0 Å². The second-order valence-corrected chi connectivity index (χ2v) is 9.00. The number of aliphatic hydroxyl groups is 1. The van der Waals surface area contributed by atoms with Gasteiger partial charge >= 0.3 is 5.97 Å². The van der Waals surface area contributed by atoms with E-state index in [-0.39, 0.29) is 37.0 Å². The number of esters is 1. The van der Waals surface area contributed by atoms with Crippen LogP contribution in [0.25, 0.3) is 0 Å². The molecule has 0 bridgehead atoms. The Morgan fingerprint density at radius 3 is 2.47 bits per heavy atom. The molecule has 1 aliphatic carbocycles. The third kappa shape index (κ3) is 4.72. The smallest absolute Gasteiger partial charge is 0.310 e. The van der Waals surface area contributed by atoms with Crippen LogP contribution in [0.3, 0.4) is 0 Å². The highest BCUT2D eigenvalue weighted by Crippen LogP contribution is 2.45. The first-order chi connectivity index (χ1) is 15.3. The number of allylic oxidation sites excluding steroid dienone is 1. The number of carbonyl (C=O) groups excluding carboxylic acids is 3. The van der Waals surface area contributed by atoms with Crippen LogP contribution < -0.4 is 5.32 Å². The maximum absolute atomic E-state index is 13.8. The fourth-order valence-corrected chi connectivity index (χ4v) is 5.04. The summed E-state index contributed by atoms with van der Waals surface area (Å²) < 4.78 is 5.29. The minimum absolute atomic E-state index is 0.104. The van der Waals surface area contributed by atoms with Gasteiger partial charge in [0, 0.05) is 12.0 Å². The lowest BCUT2D eigenvalue weighted by Crippen LogP contribution is -2.54. The summed E-state index contributed by atoms with van der Waals surface area (Å²) in [5.41, 5.74) is 0.961. The predicted molar refractivity (Wildman–Crippen MR) is 120 cm³/mol. The number of likely N-dealkylation sites (tertiary alicyclic amines) is 1. The Kier molecular flexibility index (Phi) is 7.72. The van der Waals surface area contributed by atoms with Crippen molar-refractivity contribution in [3.63, 3.8) is 0 Å². The van der Waals surface area contributed by atoms with Gasteiger partial charge in [-0.1, -0.05) is 49.4 Å². The molecule has 1 fully saturated rings. The Bertz CT molecular complexity index is 853. The zero-order valence-electron chi connectivity index (χ0n) is 19.2. The summed E-state index contributed by atoms with van der Waals surface area (Å²) in [6.07, 6.45) is 4.21. The molecule has 3 rings (SSSR count). The van der Waals surface area contributed by atoms with Crippen molar-refractivity contribution in [1.29, 1.82) is 0 Å². The number of rotatable bonds is 8. The molecule has 7 heteroatoms. The van der Waals surface area contributed by atoms with E-state index in [1.807, 2.05) is 63.3 Å². The Morgan fingerprint density at radius 2 is 1.88 bits per heavy atom. The van der Waals surface area contributed by atoms with Gasteiger partial charge < -0.3 is 20.1 Å². The highest BCUT2D eigenvalue weighted by Gasteiger charge is 2.58. The largest absolute Gasteiger partial charge is 0.466 e. The van der Waals surface area contributed by atoms with E-state index in [2.05, 4.69) is 5.32 Å². The maximum atomic E-state index is 13.8. The molecule has 1 heterocycles. The summed E-state index contributed by atoms with van der Waals surface area (Å²) in [5, 5.41) is 13.2. The van der Waals surface area contributed by atoms with Crippen molar-refractivity contribution >= 4 is 17.8 Å². The summed E-state index contributed by atoms with van der Waals surface area (Å²) in [6, 6.07) is 8.10. The quantitative estimate of drug-likeness (QED) is 0.474.